The van der Waals surface area contributed by atoms with Crippen molar-refractivity contribution >= 4 is 23.5 Å². The zero-order valence-corrected chi connectivity index (χ0v) is 18.1. The molecule has 1 saturated carbocycles. The number of amides is 2. The molecule has 0 saturated heterocycles. The Bertz CT molecular complexity index is 703. The van der Waals surface area contributed by atoms with Gasteiger partial charge in [0, 0.05) is 31.0 Å². The van der Waals surface area contributed by atoms with E-state index in [0.717, 1.165) is 44.9 Å². The molecule has 1 fully saturated rings. The molecule has 8 nitrogen and oxygen atoms in total. The van der Waals surface area contributed by atoms with Crippen molar-refractivity contribution in [3.05, 3.63) is 24.3 Å². The number of ether oxygens (including phenoxy) is 2. The van der Waals surface area contributed by atoms with Gasteiger partial charge >= 0.3 is 5.97 Å². The van der Waals surface area contributed by atoms with Crippen LogP contribution in [-0.4, -0.2) is 35.7 Å². The molecule has 0 heterocycles. The minimum absolute atomic E-state index is 0.0695. The number of carbonyl (C=O) groups is 3. The average Bonchev–Trinajstić information content (AvgIpc) is 3.26. The van der Waals surface area contributed by atoms with Crippen LogP contribution in [0.2, 0.25) is 0 Å². The molecule has 3 N–H and O–H groups in total. The number of benzene rings is 1. The number of carbonyl (C=O) groups excluding carboxylic acids is 3. The molecule has 172 valence electrons. The first kappa shape index (κ1) is 24.7. The number of hydroxylamine groups is 1. The molecule has 1 aromatic rings. The van der Waals surface area contributed by atoms with Crippen molar-refractivity contribution in [2.24, 2.45) is 0 Å². The van der Waals surface area contributed by atoms with Gasteiger partial charge in [-0.3, -0.25) is 19.6 Å². The van der Waals surface area contributed by atoms with Crippen LogP contribution >= 0.6 is 0 Å². The molecule has 1 aromatic carbocycles. The quantitative estimate of drug-likeness (QED) is 0.176. The highest BCUT2D eigenvalue weighted by Crippen LogP contribution is 2.22. The van der Waals surface area contributed by atoms with E-state index in [1.54, 1.807) is 17.6 Å². The van der Waals surface area contributed by atoms with Gasteiger partial charge in [0.05, 0.1) is 6.61 Å². The van der Waals surface area contributed by atoms with Gasteiger partial charge in [0.1, 0.15) is 11.9 Å². The average molecular weight is 435 g/mol. The van der Waals surface area contributed by atoms with E-state index in [0.29, 0.717) is 43.7 Å². The maximum Gasteiger partial charge on any atom is 0.306 e. The maximum absolute atomic E-state index is 12.1. The minimum atomic E-state index is -0.385. The largest absolute Gasteiger partial charge is 0.494 e. The zero-order chi connectivity index (χ0) is 22.3. The molecule has 0 aromatic heterocycles. The number of hydrogen-bond donors (Lipinski definition) is 3. The van der Waals surface area contributed by atoms with Gasteiger partial charge < -0.3 is 14.8 Å². The van der Waals surface area contributed by atoms with E-state index in [1.807, 2.05) is 12.1 Å². The number of nitrogens with one attached hydrogen (secondary N) is 2. The van der Waals surface area contributed by atoms with Gasteiger partial charge in [-0.05, 0) is 57.1 Å². The molecule has 0 radical (unpaired) electrons. The highest BCUT2D eigenvalue weighted by Gasteiger charge is 2.18. The van der Waals surface area contributed by atoms with Crippen LogP contribution in [0.15, 0.2) is 24.3 Å². The van der Waals surface area contributed by atoms with Crippen molar-refractivity contribution in [1.82, 2.24) is 5.48 Å². The van der Waals surface area contributed by atoms with Gasteiger partial charge in [0.2, 0.25) is 11.8 Å². The van der Waals surface area contributed by atoms with Crippen molar-refractivity contribution in [2.45, 2.75) is 83.2 Å². The topological polar surface area (TPSA) is 114 Å². The highest BCUT2D eigenvalue weighted by atomic mass is 16.5. The predicted molar refractivity (Wildman–Crippen MR) is 116 cm³/mol. The molecule has 0 unspecified atom stereocenters. The molecular weight excluding hydrogens is 400 g/mol. The van der Waals surface area contributed by atoms with Crippen LogP contribution in [0.3, 0.4) is 0 Å². The van der Waals surface area contributed by atoms with E-state index in [1.165, 1.54) is 0 Å². The lowest BCUT2D eigenvalue weighted by molar-refractivity contribution is -0.149. The first-order chi connectivity index (χ1) is 15.1. The van der Waals surface area contributed by atoms with Gasteiger partial charge in [-0.1, -0.05) is 18.9 Å². The monoisotopic (exact) mass is 434 g/mol. The fourth-order valence-corrected chi connectivity index (χ4v) is 3.53. The van der Waals surface area contributed by atoms with Crippen LogP contribution in [0, 0.1) is 0 Å². The van der Waals surface area contributed by atoms with Crippen LogP contribution in [0.4, 0.5) is 5.69 Å². The van der Waals surface area contributed by atoms with E-state index >= 15 is 0 Å². The summed E-state index contributed by atoms with van der Waals surface area (Å²) < 4.78 is 11.1. The van der Waals surface area contributed by atoms with E-state index in [9.17, 15) is 14.4 Å². The first-order valence-electron chi connectivity index (χ1n) is 11.2. The Hall–Kier alpha value is -2.61. The molecule has 1 aliphatic carbocycles. The fraction of sp³-hybridized carbons (Fsp3) is 0.609. The lowest BCUT2D eigenvalue weighted by atomic mass is 10.1. The van der Waals surface area contributed by atoms with Crippen molar-refractivity contribution in [3.8, 4) is 5.75 Å². The lowest BCUT2D eigenvalue weighted by Gasteiger charge is -2.12. The second-order valence-corrected chi connectivity index (χ2v) is 7.87. The van der Waals surface area contributed by atoms with Gasteiger partial charge in [0.25, 0.3) is 0 Å². The predicted octanol–water partition coefficient (Wildman–Crippen LogP) is 4.12. The summed E-state index contributed by atoms with van der Waals surface area (Å²) in [5, 5.41) is 11.3. The Labute approximate surface area is 183 Å². The van der Waals surface area contributed by atoms with Gasteiger partial charge in [-0.2, -0.15) is 0 Å². The van der Waals surface area contributed by atoms with Crippen LogP contribution in [0.1, 0.15) is 77.0 Å². The number of hydrogen-bond acceptors (Lipinski definition) is 6. The summed E-state index contributed by atoms with van der Waals surface area (Å²) >= 11 is 0. The van der Waals surface area contributed by atoms with Gasteiger partial charge in [-0.25, -0.2) is 5.48 Å². The van der Waals surface area contributed by atoms with Gasteiger partial charge in [-0.15, -0.1) is 0 Å². The number of anilines is 1. The standard InChI is InChI=1S/C23H34N2O6/c26-21(13-3-1-2-4-14-22(27)25-29)24-18-9-7-12-20(17-18)30-16-8-15-23(28)31-19-10-5-6-11-19/h7,9,12,17,19,29H,1-6,8,10-11,13-16H2,(H,24,26)(H,25,27). The number of esters is 1. The van der Waals surface area contributed by atoms with Crippen LogP contribution < -0.4 is 15.5 Å². The summed E-state index contributed by atoms with van der Waals surface area (Å²) in [7, 11) is 0. The molecule has 8 heteroatoms. The molecule has 2 rings (SSSR count). The fourth-order valence-electron chi connectivity index (χ4n) is 3.53. The van der Waals surface area contributed by atoms with E-state index in [4.69, 9.17) is 14.7 Å². The second kappa shape index (κ2) is 14.4. The van der Waals surface area contributed by atoms with Crippen molar-refractivity contribution in [1.29, 1.82) is 0 Å². The van der Waals surface area contributed by atoms with Crippen LogP contribution in [0.5, 0.6) is 5.75 Å². The summed E-state index contributed by atoms with van der Waals surface area (Å²) in [5.74, 6) is 0.0288. The molecule has 0 bridgehead atoms. The Kier molecular flexibility index (Phi) is 11.5. The third kappa shape index (κ3) is 10.8. The maximum atomic E-state index is 12.1. The molecule has 0 aliphatic heterocycles. The summed E-state index contributed by atoms with van der Waals surface area (Å²) in [5.41, 5.74) is 2.28. The molecule has 0 spiro atoms. The molecule has 2 amide bonds. The van der Waals surface area contributed by atoms with Gasteiger partial charge in [0.15, 0.2) is 0 Å². The summed E-state index contributed by atoms with van der Waals surface area (Å²) in [4.78, 5) is 34.8. The summed E-state index contributed by atoms with van der Waals surface area (Å²) in [6, 6.07) is 7.19. The summed E-state index contributed by atoms with van der Waals surface area (Å²) in [6.45, 7) is 0.408. The molecular formula is C23H34N2O6. The van der Waals surface area contributed by atoms with Crippen LogP contribution in [0.25, 0.3) is 0 Å². The normalized spacial score (nSPS) is 13.6. The SMILES string of the molecule is O=C(CCCCCCC(=O)Nc1cccc(OCCCC(=O)OC2CCCC2)c1)NO. The Morgan fingerprint density at radius 2 is 1.65 bits per heavy atom. The van der Waals surface area contributed by atoms with Crippen molar-refractivity contribution < 1.29 is 29.1 Å². The third-order valence-electron chi connectivity index (χ3n) is 5.19. The van der Waals surface area contributed by atoms with Crippen molar-refractivity contribution in [2.75, 3.05) is 11.9 Å². The molecule has 1 aliphatic rings. The van der Waals surface area contributed by atoms with E-state index in [-0.39, 0.29) is 30.3 Å². The van der Waals surface area contributed by atoms with Crippen molar-refractivity contribution in [3.63, 3.8) is 0 Å². The van der Waals surface area contributed by atoms with E-state index < -0.39 is 0 Å². The lowest BCUT2D eigenvalue weighted by Crippen LogP contribution is -2.17. The molecule has 0 atom stereocenters. The molecule has 31 heavy (non-hydrogen) atoms. The number of rotatable bonds is 14. The Balaban J connectivity index is 1.57. The summed E-state index contributed by atoms with van der Waals surface area (Å²) in [6.07, 6.45) is 9.05. The first-order valence-corrected chi connectivity index (χ1v) is 11.2. The van der Waals surface area contributed by atoms with E-state index in [2.05, 4.69) is 5.32 Å². The highest BCUT2D eigenvalue weighted by molar-refractivity contribution is 5.90. The Morgan fingerprint density at radius 3 is 2.35 bits per heavy atom. The number of unbranched alkanes of at least 4 members (excludes halogenated alkanes) is 3. The minimum Gasteiger partial charge on any atom is -0.494 e. The Morgan fingerprint density at radius 1 is 0.935 bits per heavy atom. The zero-order valence-electron chi connectivity index (χ0n) is 18.1. The third-order valence-corrected chi connectivity index (χ3v) is 5.19. The second-order valence-electron chi connectivity index (χ2n) is 7.87. The van der Waals surface area contributed by atoms with Crippen LogP contribution in [-0.2, 0) is 19.1 Å². The smallest absolute Gasteiger partial charge is 0.306 e.